The second-order valence-corrected chi connectivity index (χ2v) is 7.46. The van der Waals surface area contributed by atoms with Gasteiger partial charge >= 0.3 is 0 Å². The number of benzene rings is 1. The SMILES string of the molecule is Cc1cc(C)c(N2CC[C@H](N[C@H]3CCSC3)C2=O)c(C)c1. The molecule has 0 radical (unpaired) electrons. The lowest BCUT2D eigenvalue weighted by atomic mass is 10.0. The van der Waals surface area contributed by atoms with Crippen molar-refractivity contribution in [2.75, 3.05) is 23.0 Å². The van der Waals surface area contributed by atoms with E-state index in [2.05, 4.69) is 38.2 Å². The highest BCUT2D eigenvalue weighted by Crippen LogP contribution is 2.30. The van der Waals surface area contributed by atoms with Crippen LogP contribution in [-0.2, 0) is 4.79 Å². The van der Waals surface area contributed by atoms with Gasteiger partial charge in [-0.25, -0.2) is 0 Å². The van der Waals surface area contributed by atoms with Gasteiger partial charge in [0.1, 0.15) is 0 Å². The van der Waals surface area contributed by atoms with E-state index in [1.807, 2.05) is 16.7 Å². The number of anilines is 1. The number of hydrogen-bond donors (Lipinski definition) is 1. The zero-order chi connectivity index (χ0) is 15.0. The maximum atomic E-state index is 12.7. The summed E-state index contributed by atoms with van der Waals surface area (Å²) < 4.78 is 0. The first-order valence-corrected chi connectivity index (χ1v) is 8.95. The van der Waals surface area contributed by atoms with E-state index >= 15 is 0 Å². The third kappa shape index (κ3) is 2.97. The van der Waals surface area contributed by atoms with Gasteiger partial charge in [-0.3, -0.25) is 4.79 Å². The first-order chi connectivity index (χ1) is 10.1. The Morgan fingerprint density at radius 3 is 2.52 bits per heavy atom. The van der Waals surface area contributed by atoms with Crippen LogP contribution in [0.2, 0.25) is 0 Å². The molecule has 3 nitrogen and oxygen atoms in total. The van der Waals surface area contributed by atoms with Crippen LogP contribution in [0.5, 0.6) is 0 Å². The van der Waals surface area contributed by atoms with Crippen molar-refractivity contribution >= 4 is 23.4 Å². The molecule has 2 aliphatic heterocycles. The van der Waals surface area contributed by atoms with E-state index in [1.165, 1.54) is 28.9 Å². The fourth-order valence-corrected chi connectivity index (χ4v) is 4.77. The summed E-state index contributed by atoms with van der Waals surface area (Å²) in [7, 11) is 0. The molecule has 1 aromatic carbocycles. The largest absolute Gasteiger partial charge is 0.310 e. The quantitative estimate of drug-likeness (QED) is 0.932. The summed E-state index contributed by atoms with van der Waals surface area (Å²) >= 11 is 1.98. The minimum atomic E-state index is 0.00815. The number of nitrogens with one attached hydrogen (secondary N) is 1. The van der Waals surface area contributed by atoms with Crippen molar-refractivity contribution in [2.45, 2.75) is 45.7 Å². The number of amides is 1. The Hall–Kier alpha value is -1.00. The van der Waals surface area contributed by atoms with Crippen molar-refractivity contribution in [1.29, 1.82) is 0 Å². The van der Waals surface area contributed by atoms with Gasteiger partial charge in [-0.1, -0.05) is 17.7 Å². The molecule has 2 aliphatic rings. The molecular formula is C17H24N2OS. The first kappa shape index (κ1) is 14.9. The molecule has 2 fully saturated rings. The highest BCUT2D eigenvalue weighted by atomic mass is 32.2. The number of rotatable bonds is 3. The van der Waals surface area contributed by atoms with Gasteiger partial charge in [0, 0.05) is 24.0 Å². The molecular weight excluding hydrogens is 280 g/mol. The van der Waals surface area contributed by atoms with Crippen LogP contribution in [0.25, 0.3) is 0 Å². The predicted octanol–water partition coefficient (Wildman–Crippen LogP) is 2.81. The maximum absolute atomic E-state index is 12.7. The zero-order valence-electron chi connectivity index (χ0n) is 13.1. The van der Waals surface area contributed by atoms with E-state index in [0.717, 1.165) is 24.4 Å². The van der Waals surface area contributed by atoms with Gasteiger partial charge in [-0.05, 0) is 50.5 Å². The lowest BCUT2D eigenvalue weighted by molar-refractivity contribution is -0.119. The Kier molecular flexibility index (Phi) is 4.27. The van der Waals surface area contributed by atoms with E-state index < -0.39 is 0 Å². The van der Waals surface area contributed by atoms with E-state index in [4.69, 9.17) is 0 Å². The smallest absolute Gasteiger partial charge is 0.244 e. The molecule has 0 bridgehead atoms. The van der Waals surface area contributed by atoms with Crippen molar-refractivity contribution in [1.82, 2.24) is 5.32 Å². The minimum Gasteiger partial charge on any atom is -0.310 e. The van der Waals surface area contributed by atoms with Gasteiger partial charge in [0.2, 0.25) is 5.91 Å². The summed E-state index contributed by atoms with van der Waals surface area (Å²) in [6.45, 7) is 7.16. The van der Waals surface area contributed by atoms with Crippen molar-refractivity contribution in [3.63, 3.8) is 0 Å². The molecule has 1 N–H and O–H groups in total. The van der Waals surface area contributed by atoms with Gasteiger partial charge in [0.25, 0.3) is 0 Å². The molecule has 0 aliphatic carbocycles. The molecule has 21 heavy (non-hydrogen) atoms. The zero-order valence-corrected chi connectivity index (χ0v) is 13.9. The van der Waals surface area contributed by atoms with Gasteiger partial charge in [-0.15, -0.1) is 0 Å². The second kappa shape index (κ2) is 6.01. The van der Waals surface area contributed by atoms with Crippen LogP contribution < -0.4 is 10.2 Å². The predicted molar refractivity (Wildman–Crippen MR) is 90.3 cm³/mol. The average molecular weight is 304 g/mol. The fourth-order valence-electron chi connectivity index (χ4n) is 3.61. The van der Waals surface area contributed by atoms with Gasteiger partial charge < -0.3 is 10.2 Å². The van der Waals surface area contributed by atoms with Crippen LogP contribution in [0.1, 0.15) is 29.5 Å². The molecule has 4 heteroatoms. The Labute approximate surface area is 131 Å². The topological polar surface area (TPSA) is 32.3 Å². The summed E-state index contributed by atoms with van der Waals surface area (Å²) in [5.74, 6) is 2.62. The molecule has 114 valence electrons. The van der Waals surface area contributed by atoms with E-state index in [0.29, 0.717) is 6.04 Å². The summed E-state index contributed by atoms with van der Waals surface area (Å²) in [6.07, 6.45) is 2.11. The van der Waals surface area contributed by atoms with Crippen LogP contribution in [0.4, 0.5) is 5.69 Å². The van der Waals surface area contributed by atoms with E-state index in [1.54, 1.807) is 0 Å². The fraction of sp³-hybridized carbons (Fsp3) is 0.588. The third-order valence-electron chi connectivity index (χ3n) is 4.48. The third-order valence-corrected chi connectivity index (χ3v) is 5.64. The average Bonchev–Trinajstić information content (AvgIpc) is 3.02. The lowest BCUT2D eigenvalue weighted by Gasteiger charge is -2.23. The number of hydrogen-bond acceptors (Lipinski definition) is 3. The number of thioether (sulfide) groups is 1. The molecule has 2 saturated heterocycles. The monoisotopic (exact) mass is 304 g/mol. The Morgan fingerprint density at radius 2 is 1.90 bits per heavy atom. The number of carbonyl (C=O) groups is 1. The standard InChI is InChI=1S/C17H24N2OS/c1-11-8-12(2)16(13(3)9-11)19-6-4-15(17(19)20)18-14-5-7-21-10-14/h8-9,14-15,18H,4-7,10H2,1-3H3/t14-,15-/m0/s1. The molecule has 3 rings (SSSR count). The van der Waals surface area contributed by atoms with Crippen LogP contribution >= 0.6 is 11.8 Å². The number of aryl methyl sites for hydroxylation is 3. The van der Waals surface area contributed by atoms with E-state index in [-0.39, 0.29) is 11.9 Å². The Morgan fingerprint density at radius 1 is 1.19 bits per heavy atom. The minimum absolute atomic E-state index is 0.00815. The molecule has 0 aromatic heterocycles. The molecule has 0 unspecified atom stereocenters. The summed E-state index contributed by atoms with van der Waals surface area (Å²) in [5.41, 5.74) is 4.80. The van der Waals surface area contributed by atoms with Crippen molar-refractivity contribution in [2.24, 2.45) is 0 Å². The van der Waals surface area contributed by atoms with Gasteiger partial charge in [-0.2, -0.15) is 11.8 Å². The lowest BCUT2D eigenvalue weighted by Crippen LogP contribution is -2.44. The van der Waals surface area contributed by atoms with Gasteiger partial charge in [0.15, 0.2) is 0 Å². The summed E-state index contributed by atoms with van der Waals surface area (Å²) in [4.78, 5) is 14.7. The van der Waals surface area contributed by atoms with Gasteiger partial charge in [0.05, 0.1) is 6.04 Å². The summed E-state index contributed by atoms with van der Waals surface area (Å²) in [5, 5.41) is 3.57. The van der Waals surface area contributed by atoms with Crippen molar-refractivity contribution in [3.05, 3.63) is 28.8 Å². The van der Waals surface area contributed by atoms with Crippen molar-refractivity contribution < 1.29 is 4.79 Å². The number of carbonyl (C=O) groups excluding carboxylic acids is 1. The summed E-state index contributed by atoms with van der Waals surface area (Å²) in [6, 6.07) is 4.87. The second-order valence-electron chi connectivity index (χ2n) is 6.31. The molecule has 1 aromatic rings. The van der Waals surface area contributed by atoms with Crippen LogP contribution in [0.3, 0.4) is 0 Å². The van der Waals surface area contributed by atoms with Crippen LogP contribution in [-0.4, -0.2) is 36.0 Å². The highest BCUT2D eigenvalue weighted by Gasteiger charge is 2.35. The maximum Gasteiger partial charge on any atom is 0.244 e. The molecule has 0 saturated carbocycles. The highest BCUT2D eigenvalue weighted by molar-refractivity contribution is 7.99. The first-order valence-electron chi connectivity index (χ1n) is 7.79. The Bertz CT molecular complexity index is 529. The van der Waals surface area contributed by atoms with Crippen molar-refractivity contribution in [3.8, 4) is 0 Å². The number of nitrogens with zero attached hydrogens (tertiary/aromatic N) is 1. The Balaban J connectivity index is 1.77. The molecule has 0 spiro atoms. The molecule has 1 amide bonds. The normalized spacial score (nSPS) is 25.9. The molecule has 2 heterocycles. The molecule has 2 atom stereocenters. The van der Waals surface area contributed by atoms with E-state index in [9.17, 15) is 4.79 Å². The van der Waals surface area contributed by atoms with Crippen LogP contribution in [0, 0.1) is 20.8 Å². The van der Waals surface area contributed by atoms with Crippen LogP contribution in [0.15, 0.2) is 12.1 Å².